The Hall–Kier alpha value is -2.31. The number of hydrogen-bond donors (Lipinski definition) is 1. The maximum atomic E-state index is 12.8. The third-order valence-corrected chi connectivity index (χ3v) is 4.47. The number of benzene rings is 1. The van der Waals surface area contributed by atoms with Crippen molar-refractivity contribution in [3.8, 4) is 0 Å². The molecule has 122 valence electrons. The van der Waals surface area contributed by atoms with Gasteiger partial charge in [-0.1, -0.05) is 28.1 Å². The van der Waals surface area contributed by atoms with Gasteiger partial charge in [-0.15, -0.1) is 6.58 Å². The van der Waals surface area contributed by atoms with Gasteiger partial charge >= 0.3 is 0 Å². The monoisotopic (exact) mass is 386 g/mol. The summed E-state index contributed by atoms with van der Waals surface area (Å²) in [4.78, 5) is 30.7. The number of aliphatic hydroxyl groups is 1. The Labute approximate surface area is 147 Å². The van der Waals surface area contributed by atoms with Gasteiger partial charge in [0.15, 0.2) is 11.4 Å². The number of hydrogen-bond acceptors (Lipinski definition) is 4. The van der Waals surface area contributed by atoms with Crippen molar-refractivity contribution >= 4 is 33.3 Å². The molecule has 1 aliphatic rings. The number of Topliss-reactive ketones (excluding diaryl/α,β-unsaturated/α-hetero) is 1. The van der Waals surface area contributed by atoms with Crippen molar-refractivity contribution in [2.24, 2.45) is 0 Å². The summed E-state index contributed by atoms with van der Waals surface area (Å²) in [6, 6.07) is 10.1. The van der Waals surface area contributed by atoms with Crippen LogP contribution in [0.4, 0.5) is 5.69 Å². The lowest BCUT2D eigenvalue weighted by Crippen LogP contribution is -2.42. The smallest absolute Gasteiger partial charge is 0.264 e. The SMILES string of the molecule is C=CCN1C(=O)[C@@](O)(CC(=O)c2ccccn2)c2cc(Br)ccc21. The molecule has 1 N–H and O–H groups in total. The molecule has 2 heterocycles. The molecule has 24 heavy (non-hydrogen) atoms. The molecular formula is C18H15BrN2O3. The van der Waals surface area contributed by atoms with Gasteiger partial charge in [-0.25, -0.2) is 0 Å². The summed E-state index contributed by atoms with van der Waals surface area (Å²) in [5.41, 5.74) is -0.693. The molecule has 0 fully saturated rings. The average Bonchev–Trinajstić information content (AvgIpc) is 2.78. The minimum atomic E-state index is -1.91. The van der Waals surface area contributed by atoms with E-state index in [0.717, 1.165) is 4.47 Å². The lowest BCUT2D eigenvalue weighted by atomic mass is 9.89. The molecule has 0 unspecified atom stereocenters. The summed E-state index contributed by atoms with van der Waals surface area (Å²) < 4.78 is 0.721. The lowest BCUT2D eigenvalue weighted by molar-refractivity contribution is -0.135. The van der Waals surface area contributed by atoms with Gasteiger partial charge in [0.1, 0.15) is 5.69 Å². The zero-order chi connectivity index (χ0) is 17.3. The zero-order valence-electron chi connectivity index (χ0n) is 12.8. The van der Waals surface area contributed by atoms with Crippen molar-refractivity contribution in [3.63, 3.8) is 0 Å². The van der Waals surface area contributed by atoms with Crippen LogP contribution in [0.3, 0.4) is 0 Å². The quantitative estimate of drug-likeness (QED) is 0.633. The topological polar surface area (TPSA) is 70.5 Å². The van der Waals surface area contributed by atoms with E-state index in [1.54, 1.807) is 42.5 Å². The first kappa shape index (κ1) is 16.5. The highest BCUT2D eigenvalue weighted by Crippen LogP contribution is 2.43. The summed E-state index contributed by atoms with van der Waals surface area (Å²) in [5, 5.41) is 11.1. The van der Waals surface area contributed by atoms with Crippen molar-refractivity contribution in [1.29, 1.82) is 0 Å². The highest BCUT2D eigenvalue weighted by molar-refractivity contribution is 9.10. The molecule has 1 aromatic heterocycles. The van der Waals surface area contributed by atoms with E-state index in [9.17, 15) is 14.7 Å². The van der Waals surface area contributed by atoms with Crippen LogP contribution in [0.5, 0.6) is 0 Å². The van der Waals surface area contributed by atoms with Gasteiger partial charge in [-0.3, -0.25) is 14.6 Å². The molecule has 6 heteroatoms. The number of carbonyl (C=O) groups excluding carboxylic acids is 2. The molecule has 0 saturated heterocycles. The Balaban J connectivity index is 2.03. The van der Waals surface area contributed by atoms with Gasteiger partial charge in [0.05, 0.1) is 12.1 Å². The molecule has 0 bridgehead atoms. The second kappa shape index (κ2) is 6.30. The number of halogens is 1. The van der Waals surface area contributed by atoms with Gasteiger partial charge in [0.25, 0.3) is 5.91 Å². The summed E-state index contributed by atoms with van der Waals surface area (Å²) in [6.45, 7) is 3.90. The zero-order valence-corrected chi connectivity index (χ0v) is 14.4. The first-order valence-electron chi connectivity index (χ1n) is 7.37. The van der Waals surface area contributed by atoms with Crippen LogP contribution in [0.2, 0.25) is 0 Å². The third-order valence-electron chi connectivity index (χ3n) is 3.97. The van der Waals surface area contributed by atoms with Crippen LogP contribution in [-0.2, 0) is 10.4 Å². The van der Waals surface area contributed by atoms with Crippen LogP contribution < -0.4 is 4.90 Å². The molecule has 1 aromatic carbocycles. The number of rotatable bonds is 5. The van der Waals surface area contributed by atoms with Gasteiger partial charge < -0.3 is 10.0 Å². The Morgan fingerprint density at radius 3 is 2.83 bits per heavy atom. The minimum absolute atomic E-state index is 0.220. The van der Waals surface area contributed by atoms with Crippen LogP contribution >= 0.6 is 15.9 Å². The number of amides is 1. The molecule has 0 saturated carbocycles. The van der Waals surface area contributed by atoms with E-state index in [-0.39, 0.29) is 18.7 Å². The van der Waals surface area contributed by atoms with Crippen LogP contribution in [-0.4, -0.2) is 28.3 Å². The van der Waals surface area contributed by atoms with Crippen molar-refractivity contribution in [2.45, 2.75) is 12.0 Å². The Morgan fingerprint density at radius 1 is 1.38 bits per heavy atom. The number of ketones is 1. The average molecular weight is 387 g/mol. The fourth-order valence-corrected chi connectivity index (χ4v) is 3.22. The highest BCUT2D eigenvalue weighted by atomic mass is 79.9. The minimum Gasteiger partial charge on any atom is -0.375 e. The number of fused-ring (bicyclic) bond motifs is 1. The van der Waals surface area contributed by atoms with Gasteiger partial charge in [-0.05, 0) is 30.3 Å². The van der Waals surface area contributed by atoms with Crippen LogP contribution in [0.15, 0.2) is 59.7 Å². The lowest BCUT2D eigenvalue weighted by Gasteiger charge is -2.22. The highest BCUT2D eigenvalue weighted by Gasteiger charge is 2.50. The van der Waals surface area contributed by atoms with E-state index >= 15 is 0 Å². The maximum Gasteiger partial charge on any atom is 0.264 e. The van der Waals surface area contributed by atoms with Gasteiger partial charge in [-0.2, -0.15) is 0 Å². The predicted octanol–water partition coefficient (Wildman–Crippen LogP) is 2.84. The summed E-state index contributed by atoms with van der Waals surface area (Å²) in [6.07, 6.45) is 2.72. The molecule has 0 aliphatic carbocycles. The molecule has 2 aromatic rings. The Bertz CT molecular complexity index is 822. The first-order chi connectivity index (χ1) is 11.5. The van der Waals surface area contributed by atoms with Crippen LogP contribution in [0, 0.1) is 0 Å². The van der Waals surface area contributed by atoms with Crippen molar-refractivity contribution in [1.82, 2.24) is 4.98 Å². The normalized spacial score (nSPS) is 19.2. The number of anilines is 1. The molecule has 1 atom stereocenters. The second-order valence-electron chi connectivity index (χ2n) is 5.54. The van der Waals surface area contributed by atoms with E-state index in [2.05, 4.69) is 27.5 Å². The van der Waals surface area contributed by atoms with Crippen molar-refractivity contribution in [2.75, 3.05) is 11.4 Å². The van der Waals surface area contributed by atoms with E-state index < -0.39 is 17.3 Å². The number of nitrogens with zero attached hydrogens (tertiary/aromatic N) is 2. The first-order valence-corrected chi connectivity index (χ1v) is 8.16. The number of aromatic nitrogens is 1. The fraction of sp³-hybridized carbons (Fsp3) is 0.167. The van der Waals surface area contributed by atoms with Crippen LogP contribution in [0.1, 0.15) is 22.5 Å². The van der Waals surface area contributed by atoms with Gasteiger partial charge in [0, 0.05) is 22.8 Å². The molecule has 1 amide bonds. The largest absolute Gasteiger partial charge is 0.375 e. The maximum absolute atomic E-state index is 12.8. The molecule has 0 radical (unpaired) electrons. The summed E-state index contributed by atoms with van der Waals surface area (Å²) in [5.74, 6) is -0.919. The summed E-state index contributed by atoms with van der Waals surface area (Å²) in [7, 11) is 0. The van der Waals surface area contributed by atoms with E-state index in [0.29, 0.717) is 11.3 Å². The van der Waals surface area contributed by atoms with E-state index in [1.807, 2.05) is 0 Å². The Morgan fingerprint density at radius 2 is 2.17 bits per heavy atom. The van der Waals surface area contributed by atoms with Crippen molar-refractivity contribution in [3.05, 3.63) is 71.0 Å². The number of pyridine rings is 1. The second-order valence-corrected chi connectivity index (χ2v) is 6.46. The standard InChI is InChI=1S/C18H15BrN2O3/c1-2-9-21-15-7-6-12(19)10-13(15)18(24,17(21)23)11-16(22)14-5-3-4-8-20-14/h2-8,10,24H,1,9,11H2/t18-/m1/s1. The molecule has 0 spiro atoms. The third kappa shape index (κ3) is 2.68. The Kier molecular flexibility index (Phi) is 4.34. The molecule has 1 aliphatic heterocycles. The molecule has 5 nitrogen and oxygen atoms in total. The fourth-order valence-electron chi connectivity index (χ4n) is 2.85. The van der Waals surface area contributed by atoms with E-state index in [1.165, 1.54) is 11.1 Å². The van der Waals surface area contributed by atoms with E-state index in [4.69, 9.17) is 0 Å². The molecular weight excluding hydrogens is 372 g/mol. The summed E-state index contributed by atoms with van der Waals surface area (Å²) >= 11 is 3.35. The predicted molar refractivity (Wildman–Crippen MR) is 93.8 cm³/mol. The number of carbonyl (C=O) groups is 2. The van der Waals surface area contributed by atoms with Crippen LogP contribution in [0.25, 0.3) is 0 Å². The van der Waals surface area contributed by atoms with Gasteiger partial charge in [0.2, 0.25) is 0 Å². The molecule has 3 rings (SSSR count). The van der Waals surface area contributed by atoms with Crippen molar-refractivity contribution < 1.29 is 14.7 Å².